The van der Waals surface area contributed by atoms with Crippen LogP contribution in [0.25, 0.3) is 0 Å². The molecular weight excluding hydrogens is 274 g/mol. The third kappa shape index (κ3) is 5.22. The summed E-state index contributed by atoms with van der Waals surface area (Å²) in [5, 5.41) is 3.59. The fourth-order valence-electron chi connectivity index (χ4n) is 2.32. The molecule has 1 N–H and O–H groups in total. The first-order chi connectivity index (χ1) is 8.17. The van der Waals surface area contributed by atoms with Crippen molar-refractivity contribution in [3.05, 3.63) is 34.3 Å². The monoisotopic (exact) mass is 297 g/mol. The van der Waals surface area contributed by atoms with Crippen molar-refractivity contribution in [1.29, 1.82) is 0 Å². The Hall–Kier alpha value is -0.340. The number of benzene rings is 1. The van der Waals surface area contributed by atoms with Crippen molar-refractivity contribution >= 4 is 15.9 Å². The zero-order valence-electron chi connectivity index (χ0n) is 11.2. The SMILES string of the molecule is CCCC(C)CC(NCC)c1cccc(Br)c1. The van der Waals surface area contributed by atoms with Crippen LogP contribution < -0.4 is 5.32 Å². The van der Waals surface area contributed by atoms with Crippen molar-refractivity contribution in [3.63, 3.8) is 0 Å². The van der Waals surface area contributed by atoms with E-state index in [0.717, 1.165) is 12.5 Å². The molecule has 0 spiro atoms. The highest BCUT2D eigenvalue weighted by molar-refractivity contribution is 9.10. The Morgan fingerprint density at radius 2 is 2.06 bits per heavy atom. The van der Waals surface area contributed by atoms with Gasteiger partial charge < -0.3 is 5.32 Å². The number of hydrogen-bond donors (Lipinski definition) is 1. The lowest BCUT2D eigenvalue weighted by Crippen LogP contribution is -2.23. The van der Waals surface area contributed by atoms with E-state index in [9.17, 15) is 0 Å². The summed E-state index contributed by atoms with van der Waals surface area (Å²) in [5.41, 5.74) is 1.39. The summed E-state index contributed by atoms with van der Waals surface area (Å²) in [7, 11) is 0. The van der Waals surface area contributed by atoms with E-state index in [1.165, 1.54) is 29.3 Å². The Bertz CT molecular complexity index is 324. The smallest absolute Gasteiger partial charge is 0.0323 e. The molecule has 1 rings (SSSR count). The molecule has 0 aliphatic heterocycles. The van der Waals surface area contributed by atoms with Crippen LogP contribution in [0.4, 0.5) is 0 Å². The Kier molecular flexibility index (Phi) is 6.83. The number of rotatable bonds is 7. The van der Waals surface area contributed by atoms with Gasteiger partial charge in [-0.05, 0) is 36.6 Å². The maximum Gasteiger partial charge on any atom is 0.0323 e. The van der Waals surface area contributed by atoms with Crippen LogP contribution in [0, 0.1) is 5.92 Å². The minimum Gasteiger partial charge on any atom is -0.310 e. The minimum absolute atomic E-state index is 0.485. The van der Waals surface area contributed by atoms with Crippen molar-refractivity contribution in [2.24, 2.45) is 5.92 Å². The zero-order chi connectivity index (χ0) is 12.7. The van der Waals surface area contributed by atoms with Crippen molar-refractivity contribution < 1.29 is 0 Å². The Balaban J connectivity index is 2.71. The molecule has 2 unspecified atom stereocenters. The predicted octanol–water partition coefficient (Wildman–Crippen LogP) is 4.93. The summed E-state index contributed by atoms with van der Waals surface area (Å²) in [6.45, 7) is 7.81. The van der Waals surface area contributed by atoms with Gasteiger partial charge in [0.1, 0.15) is 0 Å². The van der Waals surface area contributed by atoms with Crippen LogP contribution in [-0.4, -0.2) is 6.54 Å². The largest absolute Gasteiger partial charge is 0.310 e. The van der Waals surface area contributed by atoms with Crippen LogP contribution in [0.2, 0.25) is 0 Å². The van der Waals surface area contributed by atoms with Gasteiger partial charge in [-0.25, -0.2) is 0 Å². The van der Waals surface area contributed by atoms with Gasteiger partial charge in [0.05, 0.1) is 0 Å². The molecule has 0 aromatic heterocycles. The van der Waals surface area contributed by atoms with Crippen molar-refractivity contribution in [1.82, 2.24) is 5.32 Å². The van der Waals surface area contributed by atoms with E-state index in [1.54, 1.807) is 0 Å². The van der Waals surface area contributed by atoms with E-state index in [0.29, 0.717) is 6.04 Å². The summed E-state index contributed by atoms with van der Waals surface area (Å²) in [4.78, 5) is 0. The maximum atomic E-state index is 3.59. The lowest BCUT2D eigenvalue weighted by molar-refractivity contribution is 0.395. The third-order valence-corrected chi connectivity index (χ3v) is 3.61. The maximum absolute atomic E-state index is 3.59. The van der Waals surface area contributed by atoms with Gasteiger partial charge in [-0.1, -0.05) is 61.7 Å². The number of halogens is 1. The van der Waals surface area contributed by atoms with Crippen LogP contribution in [0.1, 0.15) is 51.6 Å². The molecule has 1 aromatic rings. The molecule has 0 radical (unpaired) electrons. The molecule has 17 heavy (non-hydrogen) atoms. The van der Waals surface area contributed by atoms with Crippen LogP contribution in [0.15, 0.2) is 28.7 Å². The topological polar surface area (TPSA) is 12.0 Å². The highest BCUT2D eigenvalue weighted by Gasteiger charge is 2.14. The van der Waals surface area contributed by atoms with Gasteiger partial charge in [0.25, 0.3) is 0 Å². The predicted molar refractivity (Wildman–Crippen MR) is 79.2 cm³/mol. The van der Waals surface area contributed by atoms with E-state index in [4.69, 9.17) is 0 Å². The zero-order valence-corrected chi connectivity index (χ0v) is 12.8. The molecule has 0 fully saturated rings. The standard InChI is InChI=1S/C15H24BrN/c1-4-7-12(3)10-15(17-5-2)13-8-6-9-14(16)11-13/h6,8-9,11-12,15,17H,4-5,7,10H2,1-3H3. The first-order valence-electron chi connectivity index (χ1n) is 6.66. The lowest BCUT2D eigenvalue weighted by atomic mass is 9.93. The molecule has 0 bridgehead atoms. The van der Waals surface area contributed by atoms with E-state index in [1.807, 2.05) is 0 Å². The summed E-state index contributed by atoms with van der Waals surface area (Å²) < 4.78 is 1.17. The second-order valence-electron chi connectivity index (χ2n) is 4.79. The van der Waals surface area contributed by atoms with Crippen LogP contribution in [-0.2, 0) is 0 Å². The second kappa shape index (κ2) is 7.88. The third-order valence-electron chi connectivity index (χ3n) is 3.12. The molecule has 0 aliphatic carbocycles. The molecule has 1 nitrogen and oxygen atoms in total. The average Bonchev–Trinajstić information content (AvgIpc) is 2.29. The molecule has 2 atom stereocenters. The van der Waals surface area contributed by atoms with E-state index in [2.05, 4.69) is 66.3 Å². The molecule has 96 valence electrons. The molecule has 1 aromatic carbocycles. The van der Waals surface area contributed by atoms with Crippen molar-refractivity contribution in [3.8, 4) is 0 Å². The first-order valence-corrected chi connectivity index (χ1v) is 7.45. The Labute approximate surface area is 114 Å². The van der Waals surface area contributed by atoms with Crippen LogP contribution >= 0.6 is 15.9 Å². The quantitative estimate of drug-likeness (QED) is 0.753. The highest BCUT2D eigenvalue weighted by Crippen LogP contribution is 2.25. The number of hydrogen-bond acceptors (Lipinski definition) is 1. The molecule has 0 saturated heterocycles. The van der Waals surface area contributed by atoms with Gasteiger partial charge in [-0.2, -0.15) is 0 Å². The van der Waals surface area contributed by atoms with Gasteiger partial charge in [-0.15, -0.1) is 0 Å². The van der Waals surface area contributed by atoms with Gasteiger partial charge in [-0.3, -0.25) is 0 Å². The van der Waals surface area contributed by atoms with Gasteiger partial charge in [0.2, 0.25) is 0 Å². The normalized spacial score (nSPS) is 14.6. The molecule has 0 amide bonds. The van der Waals surface area contributed by atoms with E-state index >= 15 is 0 Å². The van der Waals surface area contributed by atoms with E-state index in [-0.39, 0.29) is 0 Å². The molecule has 0 saturated carbocycles. The Morgan fingerprint density at radius 1 is 1.29 bits per heavy atom. The van der Waals surface area contributed by atoms with Gasteiger partial charge in [0, 0.05) is 10.5 Å². The molecule has 2 heteroatoms. The highest BCUT2D eigenvalue weighted by atomic mass is 79.9. The molecular formula is C15H24BrN. The summed E-state index contributed by atoms with van der Waals surface area (Å²) in [6, 6.07) is 9.14. The fourth-order valence-corrected chi connectivity index (χ4v) is 2.74. The molecule has 0 heterocycles. The lowest BCUT2D eigenvalue weighted by Gasteiger charge is -2.22. The molecule has 0 aliphatic rings. The number of nitrogens with one attached hydrogen (secondary N) is 1. The summed E-state index contributed by atoms with van der Waals surface area (Å²) >= 11 is 3.55. The van der Waals surface area contributed by atoms with E-state index < -0.39 is 0 Å². The second-order valence-corrected chi connectivity index (χ2v) is 5.71. The average molecular weight is 298 g/mol. The first kappa shape index (κ1) is 14.7. The van der Waals surface area contributed by atoms with Gasteiger partial charge in [0.15, 0.2) is 0 Å². The van der Waals surface area contributed by atoms with Crippen molar-refractivity contribution in [2.75, 3.05) is 6.54 Å². The minimum atomic E-state index is 0.485. The Morgan fingerprint density at radius 3 is 2.65 bits per heavy atom. The summed E-state index contributed by atoms with van der Waals surface area (Å²) in [6.07, 6.45) is 3.81. The van der Waals surface area contributed by atoms with Crippen molar-refractivity contribution in [2.45, 2.75) is 46.1 Å². The fraction of sp³-hybridized carbons (Fsp3) is 0.600. The van der Waals surface area contributed by atoms with Crippen LogP contribution in [0.5, 0.6) is 0 Å². The summed E-state index contributed by atoms with van der Waals surface area (Å²) in [5.74, 6) is 0.781. The van der Waals surface area contributed by atoms with Gasteiger partial charge >= 0.3 is 0 Å². The van der Waals surface area contributed by atoms with Crippen LogP contribution in [0.3, 0.4) is 0 Å².